The molecule has 0 saturated heterocycles. The van der Waals surface area contributed by atoms with E-state index in [1.807, 2.05) is 13.8 Å². The number of carbonyl (C=O) groups excluding carboxylic acids is 2. The molecule has 2 aromatic rings. The molecule has 2 aromatic carbocycles. The number of carbonyl (C=O) groups is 2. The lowest BCUT2D eigenvalue weighted by Crippen LogP contribution is -2.24. The van der Waals surface area contributed by atoms with Crippen LogP contribution in [0.2, 0.25) is 5.02 Å². The topological polar surface area (TPSA) is 100 Å². The van der Waals surface area contributed by atoms with Gasteiger partial charge in [-0.05, 0) is 55.7 Å². The lowest BCUT2D eigenvalue weighted by Gasteiger charge is -2.10. The third-order valence-corrected chi connectivity index (χ3v) is 4.43. The van der Waals surface area contributed by atoms with Gasteiger partial charge in [-0.3, -0.25) is 9.59 Å². The van der Waals surface area contributed by atoms with Crippen molar-refractivity contribution >= 4 is 35.3 Å². The number of hydrogen-bond acceptors (Lipinski definition) is 5. The summed E-state index contributed by atoms with van der Waals surface area (Å²) < 4.78 is 5.42. The van der Waals surface area contributed by atoms with Gasteiger partial charge in [-0.25, -0.2) is 5.43 Å². The molecule has 0 heterocycles. The largest absolute Gasteiger partial charge is 0.504 e. The molecule has 0 spiro atoms. The molecule has 0 unspecified atom stereocenters. The first-order valence-corrected chi connectivity index (χ1v) is 9.69. The van der Waals surface area contributed by atoms with Crippen LogP contribution in [0.1, 0.15) is 30.0 Å². The van der Waals surface area contributed by atoms with Crippen LogP contribution in [0, 0.1) is 6.92 Å². The highest BCUT2D eigenvalue weighted by atomic mass is 35.5. The summed E-state index contributed by atoms with van der Waals surface area (Å²) in [5.41, 5.74) is 4.95. The van der Waals surface area contributed by atoms with Crippen molar-refractivity contribution in [1.29, 1.82) is 0 Å². The summed E-state index contributed by atoms with van der Waals surface area (Å²) in [7, 11) is 0. The summed E-state index contributed by atoms with van der Waals surface area (Å²) in [6.45, 7) is 7.72. The Morgan fingerprint density at radius 3 is 2.70 bits per heavy atom. The van der Waals surface area contributed by atoms with E-state index in [9.17, 15) is 14.7 Å². The Morgan fingerprint density at radius 2 is 2.03 bits per heavy atom. The van der Waals surface area contributed by atoms with Crippen molar-refractivity contribution in [2.75, 3.05) is 11.9 Å². The molecule has 30 heavy (non-hydrogen) atoms. The van der Waals surface area contributed by atoms with E-state index >= 15 is 0 Å². The molecule has 2 rings (SSSR count). The number of ether oxygens (including phenoxy) is 1. The Bertz CT molecular complexity index is 973. The molecular weight excluding hydrogens is 406 g/mol. The highest BCUT2D eigenvalue weighted by molar-refractivity contribution is 6.31. The number of phenols is 1. The second-order valence-electron chi connectivity index (χ2n) is 6.43. The third kappa shape index (κ3) is 6.63. The minimum atomic E-state index is -0.572. The Hall–Kier alpha value is -3.32. The number of aryl methyl sites for hydroxylation is 1. The van der Waals surface area contributed by atoms with Gasteiger partial charge in [0.05, 0.1) is 12.8 Å². The highest BCUT2D eigenvalue weighted by Crippen LogP contribution is 2.32. The van der Waals surface area contributed by atoms with Crippen LogP contribution in [0.15, 0.2) is 48.1 Å². The van der Waals surface area contributed by atoms with Crippen LogP contribution in [-0.4, -0.2) is 29.7 Å². The van der Waals surface area contributed by atoms with Gasteiger partial charge in [0.1, 0.15) is 6.42 Å². The third-order valence-electron chi connectivity index (χ3n) is 4.02. The smallest absolute Gasteiger partial charge is 0.249 e. The molecule has 0 radical (unpaired) electrons. The zero-order chi connectivity index (χ0) is 22.1. The van der Waals surface area contributed by atoms with Crippen LogP contribution in [0.5, 0.6) is 11.5 Å². The van der Waals surface area contributed by atoms with Gasteiger partial charge in [-0.1, -0.05) is 23.7 Å². The lowest BCUT2D eigenvalue weighted by molar-refractivity contribution is -0.126. The van der Waals surface area contributed by atoms with E-state index in [0.717, 1.165) is 5.56 Å². The number of rotatable bonds is 9. The quantitative estimate of drug-likeness (QED) is 0.243. The Morgan fingerprint density at radius 1 is 1.27 bits per heavy atom. The van der Waals surface area contributed by atoms with Crippen LogP contribution in [0.25, 0.3) is 0 Å². The van der Waals surface area contributed by atoms with Crippen LogP contribution < -0.4 is 15.5 Å². The number of hydrazone groups is 1. The van der Waals surface area contributed by atoms with Crippen molar-refractivity contribution in [3.05, 3.63) is 64.7 Å². The number of nitrogens with one attached hydrogen (secondary N) is 2. The van der Waals surface area contributed by atoms with Gasteiger partial charge in [0, 0.05) is 16.3 Å². The van der Waals surface area contributed by atoms with Crippen LogP contribution in [-0.2, 0) is 16.0 Å². The normalized spacial score (nSPS) is 10.6. The van der Waals surface area contributed by atoms with E-state index in [1.165, 1.54) is 6.21 Å². The number of anilines is 1. The predicted molar refractivity (Wildman–Crippen MR) is 118 cm³/mol. The zero-order valence-electron chi connectivity index (χ0n) is 16.9. The van der Waals surface area contributed by atoms with Gasteiger partial charge in [0.25, 0.3) is 0 Å². The van der Waals surface area contributed by atoms with Crippen molar-refractivity contribution < 1.29 is 19.4 Å². The second kappa shape index (κ2) is 11.0. The number of aromatic hydroxyl groups is 1. The molecule has 8 heteroatoms. The van der Waals surface area contributed by atoms with E-state index in [2.05, 4.69) is 22.4 Å². The number of phenolic OH excluding ortho intramolecular Hbond substituents is 1. The number of halogens is 1. The van der Waals surface area contributed by atoms with Crippen molar-refractivity contribution in [2.45, 2.75) is 26.7 Å². The fourth-order valence-electron chi connectivity index (χ4n) is 2.58. The van der Waals surface area contributed by atoms with E-state index in [-0.39, 0.29) is 5.75 Å². The molecule has 0 fully saturated rings. The van der Waals surface area contributed by atoms with Crippen molar-refractivity contribution in [3.8, 4) is 11.5 Å². The fraction of sp³-hybridized carbons (Fsp3) is 0.227. The second-order valence-corrected chi connectivity index (χ2v) is 6.84. The summed E-state index contributed by atoms with van der Waals surface area (Å²) in [5.74, 6) is -0.692. The maximum atomic E-state index is 12.0. The lowest BCUT2D eigenvalue weighted by atomic mass is 10.1. The predicted octanol–water partition coefficient (Wildman–Crippen LogP) is 3.96. The molecule has 158 valence electrons. The van der Waals surface area contributed by atoms with E-state index in [0.29, 0.717) is 40.6 Å². The SMILES string of the molecule is C=CCc1cc(C=NNC(=O)CC(=O)Nc2ccc(C)c(Cl)c2)cc(OCC)c1O. The average molecular weight is 430 g/mol. The van der Waals surface area contributed by atoms with E-state index < -0.39 is 18.2 Å². The standard InChI is InChI=1S/C22H24ClN3O4/c1-4-6-16-9-15(10-19(22(16)29)30-5-2)13-24-26-21(28)12-20(27)25-17-8-7-14(3)18(23)11-17/h4,7-11,13,29H,1,5-6,12H2,2-3H3,(H,25,27)(H,26,28). The van der Waals surface area contributed by atoms with E-state index in [1.54, 1.807) is 36.4 Å². The average Bonchev–Trinajstić information content (AvgIpc) is 2.68. The fourth-order valence-corrected chi connectivity index (χ4v) is 2.76. The number of nitrogens with zero attached hydrogens (tertiary/aromatic N) is 1. The molecule has 0 atom stereocenters. The molecule has 0 aliphatic rings. The van der Waals surface area contributed by atoms with Crippen molar-refractivity contribution in [3.63, 3.8) is 0 Å². The van der Waals surface area contributed by atoms with Crippen molar-refractivity contribution in [1.82, 2.24) is 5.43 Å². The summed E-state index contributed by atoms with van der Waals surface area (Å²) >= 11 is 6.02. The van der Waals surface area contributed by atoms with Gasteiger partial charge in [-0.15, -0.1) is 6.58 Å². The summed E-state index contributed by atoms with van der Waals surface area (Å²) in [6, 6.07) is 8.41. The summed E-state index contributed by atoms with van der Waals surface area (Å²) in [4.78, 5) is 24.0. The highest BCUT2D eigenvalue weighted by Gasteiger charge is 2.11. The van der Waals surface area contributed by atoms with Gasteiger partial charge < -0.3 is 15.2 Å². The molecule has 2 amide bonds. The van der Waals surface area contributed by atoms with Crippen LogP contribution in [0.4, 0.5) is 5.69 Å². The minimum Gasteiger partial charge on any atom is -0.504 e. The first-order chi connectivity index (χ1) is 14.3. The molecule has 0 aliphatic carbocycles. The molecular formula is C22H24ClN3O4. The van der Waals surface area contributed by atoms with Gasteiger partial charge in [-0.2, -0.15) is 5.10 Å². The van der Waals surface area contributed by atoms with Crippen LogP contribution >= 0.6 is 11.6 Å². The number of allylic oxidation sites excluding steroid dienone is 1. The first kappa shape index (κ1) is 23.0. The van der Waals surface area contributed by atoms with E-state index in [4.69, 9.17) is 16.3 Å². The Kier molecular flexibility index (Phi) is 8.43. The minimum absolute atomic E-state index is 0.0471. The Labute approximate surface area is 180 Å². The van der Waals surface area contributed by atoms with Gasteiger partial charge >= 0.3 is 0 Å². The Balaban J connectivity index is 1.97. The molecule has 0 bridgehead atoms. The molecule has 0 saturated carbocycles. The maximum absolute atomic E-state index is 12.0. The van der Waals surface area contributed by atoms with Gasteiger partial charge in [0.15, 0.2) is 11.5 Å². The zero-order valence-corrected chi connectivity index (χ0v) is 17.6. The number of amides is 2. The molecule has 7 nitrogen and oxygen atoms in total. The number of benzene rings is 2. The number of hydrogen-bond donors (Lipinski definition) is 3. The van der Waals surface area contributed by atoms with Gasteiger partial charge in [0.2, 0.25) is 11.8 Å². The van der Waals surface area contributed by atoms with Crippen LogP contribution in [0.3, 0.4) is 0 Å². The van der Waals surface area contributed by atoms with Crippen molar-refractivity contribution in [2.24, 2.45) is 5.10 Å². The summed E-state index contributed by atoms with van der Waals surface area (Å²) in [5, 5.41) is 17.2. The maximum Gasteiger partial charge on any atom is 0.249 e. The molecule has 3 N–H and O–H groups in total. The molecule has 0 aliphatic heterocycles. The monoisotopic (exact) mass is 429 g/mol. The first-order valence-electron chi connectivity index (χ1n) is 9.31. The molecule has 0 aromatic heterocycles. The summed E-state index contributed by atoms with van der Waals surface area (Å²) in [6.07, 6.45) is 3.12.